The fourth-order valence-electron chi connectivity index (χ4n) is 1.86. The summed E-state index contributed by atoms with van der Waals surface area (Å²) in [7, 11) is 0. The molecule has 0 atom stereocenters. The first-order valence-electron chi connectivity index (χ1n) is 6.67. The number of aryl methyl sites for hydroxylation is 1. The van der Waals surface area contributed by atoms with Crippen molar-refractivity contribution in [1.82, 2.24) is 20.4 Å². The molecule has 0 spiro atoms. The van der Waals surface area contributed by atoms with E-state index in [1.54, 1.807) is 0 Å². The Kier molecular flexibility index (Phi) is 4.06. The average molecular weight is 353 g/mol. The Balaban J connectivity index is 1.74. The molecule has 3 rings (SSSR count). The maximum atomic E-state index is 12.5. The number of H-pyrrole nitrogens is 1. The number of rotatable bonds is 3. The fourth-order valence-corrected chi connectivity index (χ4v) is 2.47. The summed E-state index contributed by atoms with van der Waals surface area (Å²) in [6.07, 6.45) is -4.59. The molecule has 0 unspecified atom stereocenters. The van der Waals surface area contributed by atoms with Crippen LogP contribution in [0.3, 0.4) is 0 Å². The third-order valence-corrected chi connectivity index (χ3v) is 3.94. The highest BCUT2D eigenvalue weighted by atomic mass is 32.1. The van der Waals surface area contributed by atoms with Crippen LogP contribution in [0.15, 0.2) is 30.3 Å². The van der Waals surface area contributed by atoms with Gasteiger partial charge in [-0.15, -0.1) is 10.2 Å². The Bertz CT molecular complexity index is 869. The predicted molar refractivity (Wildman–Crippen MR) is 81.6 cm³/mol. The normalized spacial score (nSPS) is 11.5. The summed E-state index contributed by atoms with van der Waals surface area (Å²) in [6, 6.07) is 9.03. The number of amides is 1. The topological polar surface area (TPSA) is 83.6 Å². The summed E-state index contributed by atoms with van der Waals surface area (Å²) >= 11 is 0.254. The van der Waals surface area contributed by atoms with E-state index >= 15 is 0 Å². The van der Waals surface area contributed by atoms with Crippen LogP contribution in [0.4, 0.5) is 18.3 Å². The molecule has 0 aliphatic rings. The summed E-state index contributed by atoms with van der Waals surface area (Å²) in [5.41, 5.74) is 2.55. The van der Waals surface area contributed by atoms with Crippen LogP contribution in [0.1, 0.15) is 21.1 Å². The molecule has 0 radical (unpaired) electrons. The number of aromatic amines is 1. The summed E-state index contributed by atoms with van der Waals surface area (Å²) in [4.78, 5) is 12.0. The second kappa shape index (κ2) is 6.04. The van der Waals surface area contributed by atoms with Gasteiger partial charge in [0.05, 0.1) is 5.69 Å². The number of halogens is 3. The first kappa shape index (κ1) is 16.1. The van der Waals surface area contributed by atoms with E-state index in [4.69, 9.17) is 0 Å². The van der Waals surface area contributed by atoms with Crippen LogP contribution >= 0.6 is 11.3 Å². The largest absolute Gasteiger partial charge is 0.445 e. The molecule has 0 aliphatic carbocycles. The Morgan fingerprint density at radius 3 is 2.54 bits per heavy atom. The standard InChI is InChI=1S/C14H10F3N5OS/c1-7-2-4-8(5-3-7)9-6-10(20-19-9)11(23)18-13-22-21-12(24-13)14(15,16)17/h2-6H,1H3,(H,19,20)(H,18,22,23). The van der Waals surface area contributed by atoms with Crippen molar-refractivity contribution in [3.05, 3.63) is 46.6 Å². The third-order valence-electron chi connectivity index (χ3n) is 3.06. The van der Waals surface area contributed by atoms with Crippen LogP contribution in [-0.2, 0) is 6.18 Å². The van der Waals surface area contributed by atoms with Gasteiger partial charge in [-0.2, -0.15) is 18.3 Å². The van der Waals surface area contributed by atoms with Gasteiger partial charge < -0.3 is 0 Å². The summed E-state index contributed by atoms with van der Waals surface area (Å²) in [6.45, 7) is 1.95. The van der Waals surface area contributed by atoms with Gasteiger partial charge in [0.1, 0.15) is 5.69 Å². The Morgan fingerprint density at radius 2 is 1.92 bits per heavy atom. The van der Waals surface area contributed by atoms with E-state index in [9.17, 15) is 18.0 Å². The van der Waals surface area contributed by atoms with Crippen molar-refractivity contribution >= 4 is 22.4 Å². The van der Waals surface area contributed by atoms with Gasteiger partial charge in [-0.3, -0.25) is 15.2 Å². The SMILES string of the molecule is Cc1ccc(-c2cc(C(=O)Nc3nnc(C(F)(F)F)s3)[nH]n2)cc1. The van der Waals surface area contributed by atoms with E-state index in [0.29, 0.717) is 5.69 Å². The summed E-state index contributed by atoms with van der Waals surface area (Å²) in [5.74, 6) is -0.647. The van der Waals surface area contributed by atoms with Crippen LogP contribution in [0.5, 0.6) is 0 Å². The molecule has 6 nitrogen and oxygen atoms in total. The molecule has 1 amide bonds. The number of nitrogens with zero attached hydrogens (tertiary/aromatic N) is 3. The highest BCUT2D eigenvalue weighted by molar-refractivity contribution is 7.15. The molecule has 3 aromatic rings. The van der Waals surface area contributed by atoms with Gasteiger partial charge in [0.25, 0.3) is 5.91 Å². The Hall–Kier alpha value is -2.75. The van der Waals surface area contributed by atoms with Crippen LogP contribution in [0, 0.1) is 6.92 Å². The van der Waals surface area contributed by atoms with Gasteiger partial charge in [-0.1, -0.05) is 41.2 Å². The van der Waals surface area contributed by atoms with Crippen molar-refractivity contribution in [3.63, 3.8) is 0 Å². The minimum atomic E-state index is -4.59. The molecular formula is C14H10F3N5OS. The number of benzene rings is 1. The minimum Gasteiger partial charge on any atom is -0.295 e. The molecule has 0 fully saturated rings. The molecule has 0 bridgehead atoms. The van der Waals surface area contributed by atoms with Gasteiger partial charge in [0.2, 0.25) is 10.1 Å². The molecule has 0 aliphatic heterocycles. The first-order chi connectivity index (χ1) is 11.3. The molecule has 2 heterocycles. The molecule has 124 valence electrons. The highest BCUT2D eigenvalue weighted by Crippen LogP contribution is 2.33. The number of anilines is 1. The molecule has 0 saturated heterocycles. The second-order valence-corrected chi connectivity index (χ2v) is 5.87. The van der Waals surface area contributed by atoms with E-state index in [1.807, 2.05) is 31.2 Å². The lowest BCUT2D eigenvalue weighted by Gasteiger charge is -1.98. The van der Waals surface area contributed by atoms with Crippen molar-refractivity contribution in [3.8, 4) is 11.3 Å². The average Bonchev–Trinajstić information content (AvgIpc) is 3.16. The van der Waals surface area contributed by atoms with E-state index in [0.717, 1.165) is 11.1 Å². The van der Waals surface area contributed by atoms with Gasteiger partial charge in [0.15, 0.2) is 0 Å². The smallest absolute Gasteiger partial charge is 0.295 e. The van der Waals surface area contributed by atoms with Crippen molar-refractivity contribution in [1.29, 1.82) is 0 Å². The number of aromatic nitrogens is 4. The predicted octanol–water partition coefficient (Wildman–Crippen LogP) is 3.51. The monoisotopic (exact) mass is 353 g/mol. The van der Waals surface area contributed by atoms with E-state index in [2.05, 4.69) is 25.7 Å². The molecule has 24 heavy (non-hydrogen) atoms. The first-order valence-corrected chi connectivity index (χ1v) is 7.49. The zero-order valence-electron chi connectivity index (χ0n) is 12.2. The maximum Gasteiger partial charge on any atom is 0.445 e. The number of hydrogen-bond acceptors (Lipinski definition) is 5. The van der Waals surface area contributed by atoms with Gasteiger partial charge >= 0.3 is 6.18 Å². The van der Waals surface area contributed by atoms with E-state index in [-0.39, 0.29) is 22.2 Å². The van der Waals surface area contributed by atoms with Crippen molar-refractivity contribution in [2.24, 2.45) is 0 Å². The number of hydrogen-bond donors (Lipinski definition) is 2. The van der Waals surface area contributed by atoms with E-state index in [1.165, 1.54) is 6.07 Å². The zero-order chi connectivity index (χ0) is 17.3. The number of alkyl halides is 3. The maximum absolute atomic E-state index is 12.5. The summed E-state index contributed by atoms with van der Waals surface area (Å²) < 4.78 is 37.4. The van der Waals surface area contributed by atoms with Crippen LogP contribution in [-0.4, -0.2) is 26.3 Å². The zero-order valence-corrected chi connectivity index (χ0v) is 13.0. The van der Waals surface area contributed by atoms with Crippen LogP contribution < -0.4 is 5.32 Å². The Morgan fingerprint density at radius 1 is 1.21 bits per heavy atom. The number of carbonyl (C=O) groups excluding carboxylic acids is 1. The minimum absolute atomic E-state index is 0.106. The fraction of sp³-hybridized carbons (Fsp3) is 0.143. The second-order valence-electron chi connectivity index (χ2n) is 4.90. The molecule has 2 N–H and O–H groups in total. The molecule has 0 saturated carbocycles. The van der Waals surface area contributed by atoms with Crippen molar-refractivity contribution in [2.45, 2.75) is 13.1 Å². The Labute approximate surface area is 137 Å². The van der Waals surface area contributed by atoms with Crippen LogP contribution in [0.2, 0.25) is 0 Å². The van der Waals surface area contributed by atoms with Gasteiger partial charge in [0, 0.05) is 5.56 Å². The molecule has 2 aromatic heterocycles. The lowest BCUT2D eigenvalue weighted by Crippen LogP contribution is -2.12. The van der Waals surface area contributed by atoms with Gasteiger partial charge in [-0.05, 0) is 13.0 Å². The molecule has 1 aromatic carbocycles. The van der Waals surface area contributed by atoms with Crippen molar-refractivity contribution in [2.75, 3.05) is 5.32 Å². The molecule has 10 heteroatoms. The lowest BCUT2D eigenvalue weighted by molar-refractivity contribution is -0.138. The number of nitrogens with one attached hydrogen (secondary N) is 2. The molecular weight excluding hydrogens is 343 g/mol. The van der Waals surface area contributed by atoms with Crippen molar-refractivity contribution < 1.29 is 18.0 Å². The number of carbonyl (C=O) groups is 1. The lowest BCUT2D eigenvalue weighted by atomic mass is 10.1. The van der Waals surface area contributed by atoms with Gasteiger partial charge in [-0.25, -0.2) is 0 Å². The summed E-state index contributed by atoms with van der Waals surface area (Å²) in [5, 5.41) is 13.8. The van der Waals surface area contributed by atoms with E-state index < -0.39 is 17.1 Å². The highest BCUT2D eigenvalue weighted by Gasteiger charge is 2.35. The quantitative estimate of drug-likeness (QED) is 0.755. The van der Waals surface area contributed by atoms with Crippen LogP contribution in [0.25, 0.3) is 11.3 Å². The third kappa shape index (κ3) is 3.43.